The number of hydrogen-bond donors (Lipinski definition) is 1. The number of carbonyl (C=O) groups excluding carboxylic acids is 3. The van der Waals surface area contributed by atoms with Gasteiger partial charge in [-0.1, -0.05) is 78.2 Å². The van der Waals surface area contributed by atoms with E-state index in [2.05, 4.69) is 10.3 Å². The van der Waals surface area contributed by atoms with Crippen molar-refractivity contribution in [3.63, 3.8) is 0 Å². The zero-order chi connectivity index (χ0) is 28.8. The van der Waals surface area contributed by atoms with Crippen LogP contribution < -0.4 is 10.1 Å². The van der Waals surface area contributed by atoms with E-state index in [0.717, 1.165) is 11.3 Å². The van der Waals surface area contributed by atoms with Crippen molar-refractivity contribution in [3.8, 4) is 5.75 Å². The molecule has 2 amide bonds. The molecule has 2 heterocycles. The van der Waals surface area contributed by atoms with E-state index in [9.17, 15) is 14.4 Å². The molecule has 41 heavy (non-hydrogen) atoms. The van der Waals surface area contributed by atoms with Crippen molar-refractivity contribution in [2.24, 2.45) is 0 Å². The Kier molecular flexibility index (Phi) is 9.17. The Morgan fingerprint density at radius 2 is 1.78 bits per heavy atom. The molecule has 1 aliphatic rings. The lowest BCUT2D eigenvalue weighted by atomic mass is 10.2. The molecule has 11 heteroatoms. The van der Waals surface area contributed by atoms with Gasteiger partial charge >= 0.3 is 0 Å². The van der Waals surface area contributed by atoms with Gasteiger partial charge in [-0.2, -0.15) is 0 Å². The summed E-state index contributed by atoms with van der Waals surface area (Å²) in [6.45, 7) is 2.62. The number of fused-ring (bicyclic) bond motifs is 1. The first kappa shape index (κ1) is 28.6. The molecule has 4 aromatic rings. The van der Waals surface area contributed by atoms with Crippen LogP contribution in [0.4, 0.5) is 5.69 Å². The number of benzene rings is 3. The standard InChI is InChI=1S/C30H26N4O4S3/c1-2-38-22-14-12-21(13-15-22)31-26(35)19-40-29-32-23-10-6-7-11-24(23)34(29)27(36)16-17-33-28(37)25(41-30(33)39)18-20-8-4-3-5-9-20/h3-15,18H,2,16-17,19H2,1H3,(H,31,35)/b25-18-. The van der Waals surface area contributed by atoms with Crippen LogP contribution in [0.2, 0.25) is 0 Å². The van der Waals surface area contributed by atoms with Gasteiger partial charge < -0.3 is 10.1 Å². The average Bonchev–Trinajstić information content (AvgIpc) is 3.48. The number of ether oxygens (including phenoxy) is 1. The third-order valence-electron chi connectivity index (χ3n) is 6.08. The van der Waals surface area contributed by atoms with Crippen molar-refractivity contribution in [3.05, 3.63) is 89.3 Å². The predicted molar refractivity (Wildman–Crippen MR) is 168 cm³/mol. The largest absolute Gasteiger partial charge is 0.494 e. The maximum Gasteiger partial charge on any atom is 0.266 e. The van der Waals surface area contributed by atoms with Gasteiger partial charge in [0.15, 0.2) is 5.16 Å². The maximum absolute atomic E-state index is 13.5. The highest BCUT2D eigenvalue weighted by Crippen LogP contribution is 2.33. The van der Waals surface area contributed by atoms with Gasteiger partial charge in [0.05, 0.1) is 28.3 Å². The first-order chi connectivity index (χ1) is 19.9. The fraction of sp³-hybridized carbons (Fsp3) is 0.167. The van der Waals surface area contributed by atoms with Gasteiger partial charge in [0.1, 0.15) is 10.1 Å². The van der Waals surface area contributed by atoms with Crippen LogP contribution in [0.1, 0.15) is 23.7 Å². The molecule has 208 valence electrons. The second-order valence-corrected chi connectivity index (χ2v) is 11.5. The molecule has 1 fully saturated rings. The fourth-order valence-corrected chi connectivity index (χ4v) is 6.32. The molecule has 0 atom stereocenters. The summed E-state index contributed by atoms with van der Waals surface area (Å²) in [4.78, 5) is 45.8. The molecule has 1 aliphatic heterocycles. The number of nitrogens with one attached hydrogen (secondary N) is 1. The molecule has 1 aromatic heterocycles. The fourth-order valence-electron chi connectivity index (χ4n) is 4.18. The molecule has 0 bridgehead atoms. The van der Waals surface area contributed by atoms with Crippen LogP contribution in [0.3, 0.4) is 0 Å². The number of aromatic nitrogens is 2. The summed E-state index contributed by atoms with van der Waals surface area (Å²) in [5, 5.41) is 3.26. The molecule has 0 unspecified atom stereocenters. The number of hydrogen-bond acceptors (Lipinski definition) is 8. The van der Waals surface area contributed by atoms with Crippen LogP contribution >= 0.6 is 35.7 Å². The van der Waals surface area contributed by atoms with Crippen molar-refractivity contribution in [2.75, 3.05) is 24.2 Å². The van der Waals surface area contributed by atoms with Gasteiger partial charge in [0, 0.05) is 18.7 Å². The number of thioether (sulfide) groups is 2. The van der Waals surface area contributed by atoms with Gasteiger partial charge in [0.25, 0.3) is 5.91 Å². The van der Waals surface area contributed by atoms with Crippen molar-refractivity contribution < 1.29 is 19.1 Å². The van der Waals surface area contributed by atoms with Gasteiger partial charge in [-0.3, -0.25) is 23.9 Å². The van der Waals surface area contributed by atoms with E-state index in [1.54, 1.807) is 30.3 Å². The van der Waals surface area contributed by atoms with Gasteiger partial charge in [-0.25, -0.2) is 4.98 Å². The third kappa shape index (κ3) is 6.87. The Hall–Kier alpha value is -3.93. The Morgan fingerprint density at radius 3 is 2.54 bits per heavy atom. The molecule has 5 rings (SSSR count). The van der Waals surface area contributed by atoms with Crippen molar-refractivity contribution in [1.82, 2.24) is 14.5 Å². The second kappa shape index (κ2) is 13.2. The van der Waals surface area contributed by atoms with Gasteiger partial charge in [-0.15, -0.1) is 0 Å². The maximum atomic E-state index is 13.5. The summed E-state index contributed by atoms with van der Waals surface area (Å²) in [5.41, 5.74) is 2.84. The molecule has 1 saturated heterocycles. The Morgan fingerprint density at radius 1 is 1.05 bits per heavy atom. The molecule has 1 N–H and O–H groups in total. The minimum Gasteiger partial charge on any atom is -0.494 e. The molecule has 0 aliphatic carbocycles. The summed E-state index contributed by atoms with van der Waals surface area (Å²) in [6.07, 6.45) is 1.84. The summed E-state index contributed by atoms with van der Waals surface area (Å²) < 4.78 is 7.37. The van der Waals surface area contributed by atoms with Crippen LogP contribution in [0.5, 0.6) is 5.75 Å². The lowest BCUT2D eigenvalue weighted by Gasteiger charge is -2.15. The SMILES string of the molecule is CCOc1ccc(NC(=O)CSc2nc3ccccc3n2C(=O)CCN2C(=O)/C(=C/c3ccccc3)SC2=S)cc1. The zero-order valence-electron chi connectivity index (χ0n) is 22.1. The Labute approximate surface area is 251 Å². The van der Waals surface area contributed by atoms with Crippen molar-refractivity contribution in [1.29, 1.82) is 0 Å². The highest BCUT2D eigenvalue weighted by Gasteiger charge is 2.32. The van der Waals surface area contributed by atoms with E-state index in [0.29, 0.717) is 37.7 Å². The summed E-state index contributed by atoms with van der Waals surface area (Å²) in [6, 6.07) is 24.0. The van der Waals surface area contributed by atoms with Crippen LogP contribution in [0.15, 0.2) is 88.9 Å². The van der Waals surface area contributed by atoms with Crippen LogP contribution in [-0.2, 0) is 9.59 Å². The number of carbonyl (C=O) groups is 3. The Balaban J connectivity index is 1.25. The van der Waals surface area contributed by atoms with Crippen LogP contribution in [-0.4, -0.2) is 55.4 Å². The molecule has 0 radical (unpaired) electrons. The zero-order valence-corrected chi connectivity index (χ0v) is 24.6. The highest BCUT2D eigenvalue weighted by atomic mass is 32.2. The first-order valence-corrected chi connectivity index (χ1v) is 15.1. The Bertz CT molecular complexity index is 1630. The minimum absolute atomic E-state index is 0.0390. The van der Waals surface area contributed by atoms with E-state index in [-0.39, 0.29) is 36.4 Å². The molecular formula is C30H26N4O4S3. The third-order valence-corrected chi connectivity index (χ3v) is 8.40. The van der Waals surface area contributed by atoms with E-state index in [4.69, 9.17) is 17.0 Å². The number of anilines is 1. The minimum atomic E-state index is -0.241. The average molecular weight is 603 g/mol. The van der Waals surface area contributed by atoms with E-state index >= 15 is 0 Å². The van der Waals surface area contributed by atoms with Crippen LogP contribution in [0.25, 0.3) is 17.1 Å². The van der Waals surface area contributed by atoms with E-state index in [1.807, 2.05) is 61.5 Å². The van der Waals surface area contributed by atoms with E-state index in [1.165, 1.54) is 33.0 Å². The molecular weight excluding hydrogens is 577 g/mol. The smallest absolute Gasteiger partial charge is 0.266 e. The number of amides is 2. The summed E-state index contributed by atoms with van der Waals surface area (Å²) in [7, 11) is 0. The lowest BCUT2D eigenvalue weighted by molar-refractivity contribution is -0.122. The van der Waals surface area contributed by atoms with Crippen molar-refractivity contribution >= 4 is 80.6 Å². The molecule has 3 aromatic carbocycles. The predicted octanol–water partition coefficient (Wildman–Crippen LogP) is 6.10. The van der Waals surface area contributed by atoms with Crippen molar-refractivity contribution in [2.45, 2.75) is 18.5 Å². The van der Waals surface area contributed by atoms with Gasteiger partial charge in [0.2, 0.25) is 11.8 Å². The number of nitrogens with zero attached hydrogens (tertiary/aromatic N) is 3. The quantitative estimate of drug-likeness (QED) is 0.132. The number of thiocarbonyl (C=S) groups is 1. The van der Waals surface area contributed by atoms with Crippen LogP contribution in [0, 0.1) is 0 Å². The number of rotatable bonds is 10. The summed E-state index contributed by atoms with van der Waals surface area (Å²) in [5.74, 6) is 0.100. The highest BCUT2D eigenvalue weighted by molar-refractivity contribution is 8.26. The lowest BCUT2D eigenvalue weighted by Crippen LogP contribution is -2.31. The van der Waals surface area contributed by atoms with E-state index < -0.39 is 0 Å². The molecule has 0 spiro atoms. The molecule has 8 nitrogen and oxygen atoms in total. The topological polar surface area (TPSA) is 93.5 Å². The number of imidazole rings is 1. The van der Waals surface area contributed by atoms with Gasteiger partial charge in [-0.05, 0) is 55.0 Å². The normalized spacial score (nSPS) is 14.2. The number of para-hydroxylation sites is 2. The molecule has 0 saturated carbocycles. The second-order valence-electron chi connectivity index (χ2n) is 8.90. The monoisotopic (exact) mass is 602 g/mol. The summed E-state index contributed by atoms with van der Waals surface area (Å²) >= 11 is 7.86. The first-order valence-electron chi connectivity index (χ1n) is 12.9.